The molecule has 1 aromatic carbocycles. The molecule has 20 heavy (non-hydrogen) atoms. The minimum absolute atomic E-state index is 0.204. The molecule has 0 saturated heterocycles. The molecule has 0 aromatic heterocycles. The van der Waals surface area contributed by atoms with Crippen molar-refractivity contribution >= 4 is 27.8 Å². The third kappa shape index (κ3) is 3.96. The first-order valence-corrected chi connectivity index (χ1v) is 6.86. The van der Waals surface area contributed by atoms with E-state index in [-0.39, 0.29) is 24.3 Å². The molecule has 1 rings (SSSR count). The van der Waals surface area contributed by atoms with Crippen LogP contribution >= 0.6 is 15.9 Å². The SMILES string of the molecule is COC(=O)C(C)CN(C)C(=O)c1ccc(Br)cc1OC. The Morgan fingerprint density at radius 3 is 2.55 bits per heavy atom. The number of benzene rings is 1. The number of hydrogen-bond acceptors (Lipinski definition) is 4. The van der Waals surface area contributed by atoms with Crippen LogP contribution in [0.4, 0.5) is 0 Å². The molecule has 0 radical (unpaired) electrons. The van der Waals surface area contributed by atoms with Gasteiger partial charge >= 0.3 is 5.97 Å². The third-order valence-electron chi connectivity index (χ3n) is 2.89. The fourth-order valence-corrected chi connectivity index (χ4v) is 2.16. The highest BCUT2D eigenvalue weighted by atomic mass is 79.9. The maximum atomic E-state index is 12.4. The Morgan fingerprint density at radius 2 is 2.00 bits per heavy atom. The van der Waals surface area contributed by atoms with Crippen LogP contribution in [0.5, 0.6) is 5.75 Å². The molecule has 6 heteroatoms. The predicted molar refractivity (Wildman–Crippen MR) is 78.8 cm³/mol. The van der Waals surface area contributed by atoms with Gasteiger partial charge in [0, 0.05) is 18.1 Å². The second-order valence-electron chi connectivity index (χ2n) is 4.45. The van der Waals surface area contributed by atoms with Crippen LogP contribution in [0.3, 0.4) is 0 Å². The quantitative estimate of drug-likeness (QED) is 0.770. The Labute approximate surface area is 127 Å². The van der Waals surface area contributed by atoms with Gasteiger partial charge < -0.3 is 14.4 Å². The van der Waals surface area contributed by atoms with Crippen LogP contribution < -0.4 is 4.74 Å². The van der Waals surface area contributed by atoms with E-state index in [1.165, 1.54) is 19.1 Å². The second-order valence-corrected chi connectivity index (χ2v) is 5.37. The molecule has 5 nitrogen and oxygen atoms in total. The molecule has 0 heterocycles. The monoisotopic (exact) mass is 343 g/mol. The summed E-state index contributed by atoms with van der Waals surface area (Å²) in [6.45, 7) is 2.00. The van der Waals surface area contributed by atoms with Gasteiger partial charge in [0.15, 0.2) is 0 Å². The van der Waals surface area contributed by atoms with Crippen molar-refractivity contribution in [3.63, 3.8) is 0 Å². The molecule has 1 unspecified atom stereocenters. The van der Waals surface area contributed by atoms with Gasteiger partial charge in [-0.25, -0.2) is 0 Å². The zero-order valence-corrected chi connectivity index (χ0v) is 13.6. The van der Waals surface area contributed by atoms with Crippen LogP contribution in [0.25, 0.3) is 0 Å². The molecule has 0 aliphatic carbocycles. The van der Waals surface area contributed by atoms with Crippen molar-refractivity contribution in [2.75, 3.05) is 27.8 Å². The fraction of sp³-hybridized carbons (Fsp3) is 0.429. The Bertz CT molecular complexity index is 504. The number of rotatable bonds is 5. The lowest BCUT2D eigenvalue weighted by Gasteiger charge is -2.21. The molecule has 0 spiro atoms. The smallest absolute Gasteiger partial charge is 0.310 e. The van der Waals surface area contributed by atoms with E-state index in [4.69, 9.17) is 4.74 Å². The lowest BCUT2D eigenvalue weighted by Crippen LogP contribution is -2.34. The van der Waals surface area contributed by atoms with E-state index in [2.05, 4.69) is 20.7 Å². The molecular weight excluding hydrogens is 326 g/mol. The zero-order chi connectivity index (χ0) is 15.3. The first-order valence-electron chi connectivity index (χ1n) is 6.07. The van der Waals surface area contributed by atoms with Gasteiger partial charge in [-0.05, 0) is 18.2 Å². The lowest BCUT2D eigenvalue weighted by molar-refractivity contribution is -0.145. The van der Waals surface area contributed by atoms with Gasteiger partial charge in [-0.3, -0.25) is 9.59 Å². The van der Waals surface area contributed by atoms with E-state index in [0.717, 1.165) is 4.47 Å². The van der Waals surface area contributed by atoms with Crippen LogP contribution in [0, 0.1) is 5.92 Å². The van der Waals surface area contributed by atoms with Crippen LogP contribution in [-0.2, 0) is 9.53 Å². The number of methoxy groups -OCH3 is 2. The second kappa shape index (κ2) is 7.28. The van der Waals surface area contributed by atoms with E-state index in [0.29, 0.717) is 11.3 Å². The Morgan fingerprint density at radius 1 is 1.35 bits per heavy atom. The third-order valence-corrected chi connectivity index (χ3v) is 3.39. The van der Waals surface area contributed by atoms with Gasteiger partial charge in [-0.1, -0.05) is 22.9 Å². The number of halogens is 1. The highest BCUT2D eigenvalue weighted by Gasteiger charge is 2.21. The minimum atomic E-state index is -0.379. The van der Waals surface area contributed by atoms with E-state index in [1.54, 1.807) is 32.2 Å². The molecule has 1 aromatic rings. The fourth-order valence-electron chi connectivity index (χ4n) is 1.82. The van der Waals surface area contributed by atoms with Crippen molar-refractivity contribution in [2.24, 2.45) is 5.92 Å². The summed E-state index contributed by atoms with van der Waals surface area (Å²) < 4.78 is 10.7. The summed E-state index contributed by atoms with van der Waals surface area (Å²) in [5.41, 5.74) is 0.454. The van der Waals surface area contributed by atoms with E-state index in [9.17, 15) is 9.59 Å². The molecule has 0 N–H and O–H groups in total. The topological polar surface area (TPSA) is 55.8 Å². The zero-order valence-electron chi connectivity index (χ0n) is 12.0. The van der Waals surface area contributed by atoms with Gasteiger partial charge in [0.25, 0.3) is 5.91 Å². The number of carbonyl (C=O) groups excluding carboxylic acids is 2. The summed E-state index contributed by atoms with van der Waals surface area (Å²) in [7, 11) is 4.48. The number of esters is 1. The summed E-state index contributed by atoms with van der Waals surface area (Å²) >= 11 is 3.33. The summed E-state index contributed by atoms with van der Waals surface area (Å²) in [4.78, 5) is 25.2. The summed E-state index contributed by atoms with van der Waals surface area (Å²) in [5.74, 6) is -0.435. The van der Waals surface area contributed by atoms with E-state index in [1.807, 2.05) is 0 Å². The van der Waals surface area contributed by atoms with Gasteiger partial charge in [0.05, 0.1) is 25.7 Å². The van der Waals surface area contributed by atoms with Crippen molar-refractivity contribution < 1.29 is 19.1 Å². The van der Waals surface area contributed by atoms with Gasteiger partial charge in [0.2, 0.25) is 0 Å². The van der Waals surface area contributed by atoms with Crippen LogP contribution in [0.1, 0.15) is 17.3 Å². The van der Waals surface area contributed by atoms with E-state index < -0.39 is 0 Å². The molecule has 1 amide bonds. The summed E-state index contributed by atoms with van der Waals surface area (Å²) in [6.07, 6.45) is 0. The number of ether oxygens (including phenoxy) is 2. The molecule has 0 bridgehead atoms. The van der Waals surface area contributed by atoms with E-state index >= 15 is 0 Å². The molecular formula is C14H18BrNO4. The molecule has 0 aliphatic rings. The highest BCUT2D eigenvalue weighted by Crippen LogP contribution is 2.24. The van der Waals surface area contributed by atoms with Crippen LogP contribution in [-0.4, -0.2) is 44.6 Å². The van der Waals surface area contributed by atoms with Crippen LogP contribution in [0.2, 0.25) is 0 Å². The normalized spacial score (nSPS) is 11.7. The first kappa shape index (κ1) is 16.5. The lowest BCUT2D eigenvalue weighted by atomic mass is 10.1. The number of amides is 1. The van der Waals surface area contributed by atoms with Crippen molar-refractivity contribution in [1.82, 2.24) is 4.90 Å². The minimum Gasteiger partial charge on any atom is -0.496 e. The Kier molecular flexibility index (Phi) is 6.01. The Balaban J connectivity index is 2.87. The molecule has 0 aliphatic heterocycles. The van der Waals surface area contributed by atoms with Gasteiger partial charge in [-0.15, -0.1) is 0 Å². The maximum Gasteiger partial charge on any atom is 0.310 e. The highest BCUT2D eigenvalue weighted by molar-refractivity contribution is 9.10. The van der Waals surface area contributed by atoms with Crippen molar-refractivity contribution in [3.05, 3.63) is 28.2 Å². The van der Waals surface area contributed by atoms with Crippen molar-refractivity contribution in [3.8, 4) is 5.75 Å². The number of carbonyl (C=O) groups is 2. The van der Waals surface area contributed by atoms with Crippen molar-refractivity contribution in [1.29, 1.82) is 0 Å². The average molecular weight is 344 g/mol. The molecule has 1 atom stereocenters. The van der Waals surface area contributed by atoms with Gasteiger partial charge in [-0.2, -0.15) is 0 Å². The summed E-state index contributed by atoms with van der Waals surface area (Å²) in [6, 6.07) is 5.18. The summed E-state index contributed by atoms with van der Waals surface area (Å²) in [5, 5.41) is 0. The average Bonchev–Trinajstić information content (AvgIpc) is 2.45. The van der Waals surface area contributed by atoms with Crippen molar-refractivity contribution in [2.45, 2.75) is 6.92 Å². The van der Waals surface area contributed by atoms with Gasteiger partial charge in [0.1, 0.15) is 5.75 Å². The standard InChI is InChI=1S/C14H18BrNO4/c1-9(14(18)20-4)8-16(2)13(17)11-6-5-10(15)7-12(11)19-3/h5-7,9H,8H2,1-4H3. The molecule has 110 valence electrons. The number of nitrogens with zero attached hydrogens (tertiary/aromatic N) is 1. The van der Waals surface area contributed by atoms with Crippen LogP contribution in [0.15, 0.2) is 22.7 Å². The molecule has 0 fully saturated rings. The maximum absolute atomic E-state index is 12.4. The number of hydrogen-bond donors (Lipinski definition) is 0. The largest absolute Gasteiger partial charge is 0.496 e. The molecule has 0 saturated carbocycles. The Hall–Kier alpha value is -1.56. The predicted octanol–water partition coefficient (Wildman–Crippen LogP) is 2.34. The first-order chi connectivity index (χ1) is 9.40.